The van der Waals surface area contributed by atoms with Gasteiger partial charge in [-0.15, -0.1) is 0 Å². The highest BCUT2D eigenvalue weighted by Gasteiger charge is 2.16. The molecule has 0 radical (unpaired) electrons. The van der Waals surface area contributed by atoms with Crippen molar-refractivity contribution < 1.29 is 0 Å². The van der Waals surface area contributed by atoms with Crippen molar-refractivity contribution in [3.05, 3.63) is 30.1 Å². The Morgan fingerprint density at radius 2 is 2.00 bits per heavy atom. The van der Waals surface area contributed by atoms with E-state index in [0.717, 1.165) is 12.5 Å². The van der Waals surface area contributed by atoms with E-state index in [1.165, 1.54) is 24.8 Å². The Hall–Kier alpha value is -0.890. The zero-order valence-corrected chi connectivity index (χ0v) is 8.74. The van der Waals surface area contributed by atoms with Crippen LogP contribution in [0, 0.1) is 5.92 Å². The molecule has 0 saturated carbocycles. The fourth-order valence-corrected chi connectivity index (χ4v) is 2.08. The summed E-state index contributed by atoms with van der Waals surface area (Å²) in [6.07, 6.45) is 7.66. The second kappa shape index (κ2) is 4.56. The van der Waals surface area contributed by atoms with Crippen LogP contribution in [0.2, 0.25) is 0 Å². The summed E-state index contributed by atoms with van der Waals surface area (Å²) < 4.78 is 0. The van der Waals surface area contributed by atoms with E-state index in [4.69, 9.17) is 0 Å². The third-order valence-electron chi connectivity index (χ3n) is 3.08. The van der Waals surface area contributed by atoms with Gasteiger partial charge in [-0.2, -0.15) is 0 Å². The fourth-order valence-electron chi connectivity index (χ4n) is 2.08. The summed E-state index contributed by atoms with van der Waals surface area (Å²) in [6.45, 7) is 3.49. The average Bonchev–Trinajstić information content (AvgIpc) is 2.44. The summed E-state index contributed by atoms with van der Waals surface area (Å²) in [5.41, 5.74) is 1.38. The molecule has 1 saturated heterocycles. The molecule has 76 valence electrons. The van der Waals surface area contributed by atoms with Crippen LogP contribution in [-0.4, -0.2) is 11.5 Å². The lowest BCUT2D eigenvalue weighted by Crippen LogP contribution is -2.20. The largest absolute Gasteiger partial charge is 0.310 e. The SMILES string of the molecule is C[C@@H]1CCN[C@H](c2ccncc2)CC1. The van der Waals surface area contributed by atoms with Gasteiger partial charge in [0.2, 0.25) is 0 Å². The molecule has 2 nitrogen and oxygen atoms in total. The first-order valence-electron chi connectivity index (χ1n) is 5.49. The first-order valence-corrected chi connectivity index (χ1v) is 5.49. The highest BCUT2D eigenvalue weighted by atomic mass is 14.9. The first kappa shape index (κ1) is 9.66. The molecular formula is C12H18N2. The van der Waals surface area contributed by atoms with E-state index >= 15 is 0 Å². The molecule has 2 heteroatoms. The van der Waals surface area contributed by atoms with Crippen LogP contribution in [-0.2, 0) is 0 Å². The molecule has 1 fully saturated rings. The minimum absolute atomic E-state index is 0.544. The van der Waals surface area contributed by atoms with E-state index < -0.39 is 0 Å². The fraction of sp³-hybridized carbons (Fsp3) is 0.583. The molecule has 14 heavy (non-hydrogen) atoms. The van der Waals surface area contributed by atoms with Gasteiger partial charge in [0.05, 0.1) is 0 Å². The number of nitrogens with one attached hydrogen (secondary N) is 1. The Bertz CT molecular complexity index is 271. The Labute approximate surface area is 85.7 Å². The van der Waals surface area contributed by atoms with Crippen LogP contribution < -0.4 is 5.32 Å². The van der Waals surface area contributed by atoms with E-state index in [9.17, 15) is 0 Å². The molecular weight excluding hydrogens is 172 g/mol. The molecule has 1 aromatic rings. The number of nitrogens with zero attached hydrogens (tertiary/aromatic N) is 1. The molecule has 2 rings (SSSR count). The predicted molar refractivity (Wildman–Crippen MR) is 58.0 cm³/mol. The highest BCUT2D eigenvalue weighted by molar-refractivity contribution is 5.15. The summed E-state index contributed by atoms with van der Waals surface area (Å²) >= 11 is 0. The molecule has 1 N–H and O–H groups in total. The third-order valence-corrected chi connectivity index (χ3v) is 3.08. The monoisotopic (exact) mass is 190 g/mol. The average molecular weight is 190 g/mol. The van der Waals surface area contributed by atoms with E-state index in [1.807, 2.05) is 12.4 Å². The van der Waals surface area contributed by atoms with Crippen molar-refractivity contribution in [2.24, 2.45) is 5.92 Å². The van der Waals surface area contributed by atoms with Crippen LogP contribution in [0.3, 0.4) is 0 Å². The summed E-state index contributed by atoms with van der Waals surface area (Å²) in [4.78, 5) is 4.05. The molecule has 0 spiro atoms. The van der Waals surface area contributed by atoms with Crippen LogP contribution in [0.1, 0.15) is 37.8 Å². The van der Waals surface area contributed by atoms with E-state index in [-0.39, 0.29) is 0 Å². The van der Waals surface area contributed by atoms with Gasteiger partial charge in [0, 0.05) is 18.4 Å². The Balaban J connectivity index is 2.04. The molecule has 2 atom stereocenters. The van der Waals surface area contributed by atoms with E-state index in [1.54, 1.807) is 0 Å². The van der Waals surface area contributed by atoms with Gasteiger partial charge in [0.15, 0.2) is 0 Å². The normalized spacial score (nSPS) is 28.4. The van der Waals surface area contributed by atoms with Crippen molar-refractivity contribution in [3.8, 4) is 0 Å². The topological polar surface area (TPSA) is 24.9 Å². The molecule has 0 aliphatic carbocycles. The smallest absolute Gasteiger partial charge is 0.0321 e. The Morgan fingerprint density at radius 3 is 2.79 bits per heavy atom. The quantitative estimate of drug-likeness (QED) is 0.736. The Kier molecular flexibility index (Phi) is 3.14. The highest BCUT2D eigenvalue weighted by Crippen LogP contribution is 2.24. The lowest BCUT2D eigenvalue weighted by Gasteiger charge is -2.15. The number of aromatic nitrogens is 1. The predicted octanol–water partition coefficient (Wildman–Crippen LogP) is 2.53. The summed E-state index contributed by atoms with van der Waals surface area (Å²) in [5, 5.41) is 3.60. The van der Waals surface area contributed by atoms with E-state index in [0.29, 0.717) is 6.04 Å². The summed E-state index contributed by atoms with van der Waals surface area (Å²) in [6, 6.07) is 4.78. The van der Waals surface area contributed by atoms with Crippen molar-refractivity contribution in [2.45, 2.75) is 32.2 Å². The molecule has 1 aliphatic rings. The minimum Gasteiger partial charge on any atom is -0.310 e. The number of pyridine rings is 1. The zero-order valence-electron chi connectivity index (χ0n) is 8.74. The molecule has 2 heterocycles. The van der Waals surface area contributed by atoms with Gasteiger partial charge < -0.3 is 5.32 Å². The van der Waals surface area contributed by atoms with Crippen LogP contribution in [0.5, 0.6) is 0 Å². The second-order valence-electron chi connectivity index (χ2n) is 4.26. The molecule has 0 bridgehead atoms. The van der Waals surface area contributed by atoms with Gasteiger partial charge in [-0.1, -0.05) is 6.92 Å². The Morgan fingerprint density at radius 1 is 1.21 bits per heavy atom. The zero-order chi connectivity index (χ0) is 9.80. The summed E-state index contributed by atoms with van der Waals surface area (Å²) in [7, 11) is 0. The number of rotatable bonds is 1. The molecule has 1 aliphatic heterocycles. The first-order chi connectivity index (χ1) is 6.86. The number of hydrogen-bond donors (Lipinski definition) is 1. The van der Waals surface area contributed by atoms with Crippen molar-refractivity contribution in [1.29, 1.82) is 0 Å². The molecule has 1 aromatic heterocycles. The minimum atomic E-state index is 0.544. The van der Waals surface area contributed by atoms with Crippen LogP contribution in [0.4, 0.5) is 0 Å². The van der Waals surface area contributed by atoms with Gasteiger partial charge >= 0.3 is 0 Å². The van der Waals surface area contributed by atoms with E-state index in [2.05, 4.69) is 29.4 Å². The maximum Gasteiger partial charge on any atom is 0.0321 e. The van der Waals surface area contributed by atoms with Crippen molar-refractivity contribution in [1.82, 2.24) is 10.3 Å². The second-order valence-corrected chi connectivity index (χ2v) is 4.26. The van der Waals surface area contributed by atoms with Gasteiger partial charge in [-0.05, 0) is 49.4 Å². The molecule has 0 unspecified atom stereocenters. The van der Waals surface area contributed by atoms with Crippen LogP contribution >= 0.6 is 0 Å². The molecule has 0 amide bonds. The van der Waals surface area contributed by atoms with Gasteiger partial charge in [-0.25, -0.2) is 0 Å². The standard InChI is InChI=1S/C12H18N2/c1-10-2-3-12(14-9-4-10)11-5-7-13-8-6-11/h5-8,10,12,14H,2-4,9H2,1H3/t10-,12-/m0/s1. The maximum absolute atomic E-state index is 4.05. The lowest BCUT2D eigenvalue weighted by molar-refractivity contribution is 0.502. The van der Waals surface area contributed by atoms with Crippen LogP contribution in [0.25, 0.3) is 0 Å². The van der Waals surface area contributed by atoms with Gasteiger partial charge in [-0.3, -0.25) is 4.98 Å². The van der Waals surface area contributed by atoms with Crippen molar-refractivity contribution in [2.75, 3.05) is 6.54 Å². The van der Waals surface area contributed by atoms with Crippen LogP contribution in [0.15, 0.2) is 24.5 Å². The maximum atomic E-state index is 4.05. The van der Waals surface area contributed by atoms with Gasteiger partial charge in [0.25, 0.3) is 0 Å². The third kappa shape index (κ3) is 2.32. The van der Waals surface area contributed by atoms with Crippen molar-refractivity contribution >= 4 is 0 Å². The summed E-state index contributed by atoms with van der Waals surface area (Å²) in [5.74, 6) is 0.870. The van der Waals surface area contributed by atoms with Gasteiger partial charge in [0.1, 0.15) is 0 Å². The van der Waals surface area contributed by atoms with Crippen molar-refractivity contribution in [3.63, 3.8) is 0 Å². The lowest BCUT2D eigenvalue weighted by atomic mass is 9.98. The number of hydrogen-bond acceptors (Lipinski definition) is 2. The molecule has 0 aromatic carbocycles.